The molecule has 1 aromatic carbocycles. The molecule has 1 amide bonds. The fourth-order valence-corrected chi connectivity index (χ4v) is 3.04. The molecule has 3 rings (SSSR count). The molecule has 1 fully saturated rings. The number of nitrogens with one attached hydrogen (secondary N) is 1. The van der Waals surface area contributed by atoms with Crippen molar-refractivity contribution in [3.8, 4) is 11.6 Å². The summed E-state index contributed by atoms with van der Waals surface area (Å²) in [6, 6.07) is 4.64. The lowest BCUT2D eigenvalue weighted by molar-refractivity contribution is 0.0866. The summed E-state index contributed by atoms with van der Waals surface area (Å²) in [4.78, 5) is 20.8. The molecule has 9 heteroatoms. The number of hydrogen-bond donors (Lipinski definition) is 2. The van der Waals surface area contributed by atoms with Crippen LogP contribution < -0.4 is 14.8 Å². The van der Waals surface area contributed by atoms with Crippen molar-refractivity contribution in [3.05, 3.63) is 35.9 Å². The van der Waals surface area contributed by atoms with Crippen molar-refractivity contribution >= 4 is 17.6 Å². The Morgan fingerprint density at radius 2 is 2.10 bits per heavy atom. The van der Waals surface area contributed by atoms with Crippen LogP contribution in [0.4, 0.5) is 20.7 Å². The second-order valence-electron chi connectivity index (χ2n) is 6.85. The lowest BCUT2D eigenvalue weighted by atomic mass is 10.1. The number of hydrogen-bond acceptors (Lipinski definition) is 6. The van der Waals surface area contributed by atoms with Gasteiger partial charge in [-0.05, 0) is 25.5 Å². The zero-order chi connectivity index (χ0) is 20.8. The minimum absolute atomic E-state index is 0.126. The molecule has 0 bridgehead atoms. The number of halogens is 1. The van der Waals surface area contributed by atoms with Crippen LogP contribution in [-0.2, 0) is 0 Å². The summed E-state index contributed by atoms with van der Waals surface area (Å²) in [6.45, 7) is 5.16. The lowest BCUT2D eigenvalue weighted by Gasteiger charge is -2.30. The number of ether oxygens (including phenoxy) is 2. The zero-order valence-corrected chi connectivity index (χ0v) is 16.5. The highest BCUT2D eigenvalue weighted by Crippen LogP contribution is 2.28. The third-order valence-electron chi connectivity index (χ3n) is 4.70. The molecule has 0 atom stereocenters. The predicted octanol–water partition coefficient (Wildman–Crippen LogP) is 3.98. The van der Waals surface area contributed by atoms with Gasteiger partial charge < -0.3 is 24.8 Å². The van der Waals surface area contributed by atoms with Gasteiger partial charge in [0.1, 0.15) is 29.8 Å². The van der Waals surface area contributed by atoms with Gasteiger partial charge in [-0.3, -0.25) is 0 Å². The molecule has 0 unspecified atom stereocenters. The molecule has 156 valence electrons. The molecular weight excluding hydrogens is 379 g/mol. The molecule has 2 heterocycles. The van der Waals surface area contributed by atoms with Gasteiger partial charge in [0.15, 0.2) is 0 Å². The normalized spacial score (nSPS) is 14.5. The van der Waals surface area contributed by atoms with Gasteiger partial charge >= 0.3 is 6.09 Å². The number of carbonyl (C=O) groups is 1. The number of likely N-dealkylation sites (tertiary alicyclic amines) is 1. The number of aromatic nitrogens is 2. The van der Waals surface area contributed by atoms with Crippen LogP contribution in [0.15, 0.2) is 24.5 Å². The first-order valence-corrected chi connectivity index (χ1v) is 9.63. The van der Waals surface area contributed by atoms with Gasteiger partial charge in [0.25, 0.3) is 0 Å². The first-order valence-electron chi connectivity index (χ1n) is 9.63. The van der Waals surface area contributed by atoms with Gasteiger partial charge in [-0.15, -0.1) is 0 Å². The molecule has 0 saturated carbocycles. The molecule has 29 heavy (non-hydrogen) atoms. The molecule has 0 aliphatic carbocycles. The number of nitrogens with zero attached hydrogens (tertiary/aromatic N) is 3. The fourth-order valence-electron chi connectivity index (χ4n) is 3.04. The summed E-state index contributed by atoms with van der Waals surface area (Å²) in [5, 5.41) is 12.0. The molecule has 0 radical (unpaired) electrons. The molecule has 0 spiro atoms. The standard InChI is InChI=1S/C20H25FN4O4/c1-3-10-28-15-4-5-17(16(21)11-15)24-18-13(2)19(23-12-22-18)29-14-6-8-25(9-7-14)20(26)27/h4-5,11-12,14H,3,6-10H2,1-2H3,(H,26,27)(H,22,23,24). The molecule has 1 aromatic heterocycles. The SMILES string of the molecule is CCCOc1ccc(Nc2ncnc(OC3CCN(C(=O)O)CC3)c2C)c(F)c1. The molecular formula is C20H25FN4O4. The minimum Gasteiger partial charge on any atom is -0.493 e. The Morgan fingerprint density at radius 3 is 2.76 bits per heavy atom. The van der Waals surface area contributed by atoms with E-state index in [1.807, 2.05) is 6.92 Å². The van der Waals surface area contributed by atoms with Gasteiger partial charge in [0.2, 0.25) is 5.88 Å². The van der Waals surface area contributed by atoms with E-state index in [4.69, 9.17) is 14.6 Å². The quantitative estimate of drug-likeness (QED) is 0.720. The molecule has 8 nitrogen and oxygen atoms in total. The smallest absolute Gasteiger partial charge is 0.407 e. The summed E-state index contributed by atoms with van der Waals surface area (Å²) in [7, 11) is 0. The van der Waals surface area contributed by atoms with Crippen molar-refractivity contribution in [1.29, 1.82) is 0 Å². The van der Waals surface area contributed by atoms with Gasteiger partial charge in [-0.1, -0.05) is 6.92 Å². The van der Waals surface area contributed by atoms with E-state index >= 15 is 0 Å². The Labute approximate surface area is 168 Å². The number of amides is 1. The molecule has 2 aromatic rings. The highest BCUT2D eigenvalue weighted by Gasteiger charge is 2.24. The number of carboxylic acid groups (broad SMARTS) is 1. The average Bonchev–Trinajstić information content (AvgIpc) is 2.71. The summed E-state index contributed by atoms with van der Waals surface area (Å²) in [6.07, 6.45) is 2.34. The van der Waals surface area contributed by atoms with E-state index in [9.17, 15) is 9.18 Å². The highest BCUT2D eigenvalue weighted by molar-refractivity contribution is 5.65. The summed E-state index contributed by atoms with van der Waals surface area (Å²) in [5.74, 6) is 0.879. The third-order valence-corrected chi connectivity index (χ3v) is 4.70. The Morgan fingerprint density at radius 1 is 1.34 bits per heavy atom. The van der Waals surface area contributed by atoms with E-state index < -0.39 is 11.9 Å². The van der Waals surface area contributed by atoms with E-state index in [0.717, 1.165) is 6.42 Å². The number of anilines is 2. The van der Waals surface area contributed by atoms with Gasteiger partial charge in [0.05, 0.1) is 17.9 Å². The second-order valence-corrected chi connectivity index (χ2v) is 6.85. The molecule has 1 aliphatic heterocycles. The molecule has 1 aliphatic rings. The lowest BCUT2D eigenvalue weighted by Crippen LogP contribution is -2.41. The highest BCUT2D eigenvalue weighted by atomic mass is 19.1. The first-order chi connectivity index (χ1) is 14.0. The van der Waals surface area contributed by atoms with Crippen molar-refractivity contribution in [3.63, 3.8) is 0 Å². The van der Waals surface area contributed by atoms with Crippen LogP contribution in [0, 0.1) is 12.7 Å². The Balaban J connectivity index is 1.67. The maximum Gasteiger partial charge on any atom is 0.407 e. The third kappa shape index (κ3) is 5.24. The summed E-state index contributed by atoms with van der Waals surface area (Å²) in [5.41, 5.74) is 0.926. The second kappa shape index (κ2) is 9.40. The van der Waals surface area contributed by atoms with Crippen LogP contribution in [-0.4, -0.2) is 51.9 Å². The largest absolute Gasteiger partial charge is 0.493 e. The van der Waals surface area contributed by atoms with Crippen LogP contribution in [0.2, 0.25) is 0 Å². The van der Waals surface area contributed by atoms with E-state index in [2.05, 4.69) is 15.3 Å². The summed E-state index contributed by atoms with van der Waals surface area (Å²) >= 11 is 0. The van der Waals surface area contributed by atoms with E-state index in [-0.39, 0.29) is 11.8 Å². The van der Waals surface area contributed by atoms with Crippen LogP contribution >= 0.6 is 0 Å². The van der Waals surface area contributed by atoms with Crippen molar-refractivity contribution < 1.29 is 23.8 Å². The number of piperidine rings is 1. The van der Waals surface area contributed by atoms with Crippen molar-refractivity contribution in [2.24, 2.45) is 0 Å². The zero-order valence-electron chi connectivity index (χ0n) is 16.5. The molecule has 1 saturated heterocycles. The summed E-state index contributed by atoms with van der Waals surface area (Å²) < 4.78 is 25.8. The van der Waals surface area contributed by atoms with Gasteiger partial charge in [-0.2, -0.15) is 0 Å². The maximum atomic E-state index is 14.4. The predicted molar refractivity (Wildman–Crippen MR) is 105 cm³/mol. The van der Waals surface area contributed by atoms with E-state index in [0.29, 0.717) is 55.5 Å². The van der Waals surface area contributed by atoms with Crippen LogP contribution in [0.3, 0.4) is 0 Å². The van der Waals surface area contributed by atoms with Crippen LogP contribution in [0.1, 0.15) is 31.7 Å². The van der Waals surface area contributed by atoms with Crippen molar-refractivity contribution in [2.45, 2.75) is 39.2 Å². The fraction of sp³-hybridized carbons (Fsp3) is 0.450. The Hall–Kier alpha value is -3.10. The number of benzene rings is 1. The van der Waals surface area contributed by atoms with E-state index in [1.165, 1.54) is 17.3 Å². The van der Waals surface area contributed by atoms with Crippen LogP contribution in [0.5, 0.6) is 11.6 Å². The monoisotopic (exact) mass is 404 g/mol. The van der Waals surface area contributed by atoms with Gasteiger partial charge in [0, 0.05) is 32.0 Å². The van der Waals surface area contributed by atoms with Crippen molar-refractivity contribution in [2.75, 3.05) is 25.0 Å². The molecule has 2 N–H and O–H groups in total. The van der Waals surface area contributed by atoms with E-state index in [1.54, 1.807) is 19.1 Å². The minimum atomic E-state index is -0.915. The Kier molecular flexibility index (Phi) is 6.69. The maximum absolute atomic E-state index is 14.4. The van der Waals surface area contributed by atoms with Gasteiger partial charge in [-0.25, -0.2) is 19.2 Å². The Bertz CT molecular complexity index is 856. The number of rotatable bonds is 7. The average molecular weight is 404 g/mol. The topological polar surface area (TPSA) is 96.8 Å². The van der Waals surface area contributed by atoms with Crippen molar-refractivity contribution in [1.82, 2.24) is 14.9 Å². The van der Waals surface area contributed by atoms with Crippen LogP contribution in [0.25, 0.3) is 0 Å². The first kappa shape index (κ1) is 20.6.